The van der Waals surface area contributed by atoms with Gasteiger partial charge in [0.25, 0.3) is 11.5 Å². The van der Waals surface area contributed by atoms with Crippen LogP contribution in [0.4, 0.5) is 4.39 Å². The van der Waals surface area contributed by atoms with E-state index >= 15 is 0 Å². The summed E-state index contributed by atoms with van der Waals surface area (Å²) in [4.78, 5) is 30.0. The van der Waals surface area contributed by atoms with Gasteiger partial charge in [0.1, 0.15) is 11.6 Å². The molecule has 1 atom stereocenters. The number of rotatable bonds is 4. The zero-order valence-electron chi connectivity index (χ0n) is 15.9. The Bertz CT molecular complexity index is 1100. The number of halogens is 1. The average molecular weight is 379 g/mol. The van der Waals surface area contributed by atoms with Gasteiger partial charge in [-0.1, -0.05) is 26.0 Å². The van der Waals surface area contributed by atoms with Crippen molar-refractivity contribution in [2.75, 3.05) is 0 Å². The second-order valence-electron chi connectivity index (χ2n) is 7.57. The Hall–Kier alpha value is -3.02. The summed E-state index contributed by atoms with van der Waals surface area (Å²) in [6.45, 7) is 4.70. The Morgan fingerprint density at radius 3 is 2.64 bits per heavy atom. The molecular weight excluding hydrogens is 357 g/mol. The third-order valence-corrected chi connectivity index (χ3v) is 5.26. The van der Waals surface area contributed by atoms with E-state index in [-0.39, 0.29) is 29.2 Å². The van der Waals surface area contributed by atoms with Crippen LogP contribution in [0, 0.1) is 11.7 Å². The maximum absolute atomic E-state index is 13.2. The number of amides is 1. The van der Waals surface area contributed by atoms with Crippen molar-refractivity contribution in [2.24, 2.45) is 5.92 Å². The molecular formula is C22H22FN3O2. The molecule has 1 aliphatic heterocycles. The molecule has 28 heavy (non-hydrogen) atoms. The maximum Gasteiger partial charge on any atom is 0.261 e. The van der Waals surface area contributed by atoms with E-state index in [0.29, 0.717) is 23.0 Å². The van der Waals surface area contributed by atoms with Gasteiger partial charge in [-0.25, -0.2) is 9.37 Å². The van der Waals surface area contributed by atoms with Crippen LogP contribution >= 0.6 is 0 Å². The van der Waals surface area contributed by atoms with Gasteiger partial charge in [-0.2, -0.15) is 0 Å². The molecule has 0 radical (unpaired) electrons. The summed E-state index contributed by atoms with van der Waals surface area (Å²) in [5, 5.41) is 3.56. The fraction of sp³-hybridized carbons (Fsp3) is 0.318. The number of benzene rings is 2. The lowest BCUT2D eigenvalue weighted by molar-refractivity contribution is 0.0925. The van der Waals surface area contributed by atoms with Crippen LogP contribution in [0.1, 0.15) is 48.1 Å². The quantitative estimate of drug-likeness (QED) is 0.753. The molecule has 4 rings (SSSR count). The fourth-order valence-corrected chi connectivity index (χ4v) is 3.75. The predicted molar refractivity (Wildman–Crippen MR) is 106 cm³/mol. The molecule has 0 unspecified atom stereocenters. The van der Waals surface area contributed by atoms with Crippen LogP contribution in [0.3, 0.4) is 0 Å². The second-order valence-corrected chi connectivity index (χ2v) is 7.57. The molecule has 1 N–H and O–H groups in total. The number of fused-ring (bicyclic) bond motifs is 2. The molecule has 0 aliphatic carbocycles. The highest BCUT2D eigenvalue weighted by atomic mass is 19.1. The van der Waals surface area contributed by atoms with Crippen LogP contribution in [-0.2, 0) is 13.0 Å². The van der Waals surface area contributed by atoms with E-state index in [1.165, 1.54) is 12.1 Å². The molecule has 144 valence electrons. The first-order chi connectivity index (χ1) is 13.4. The number of carbonyl (C=O) groups is 1. The summed E-state index contributed by atoms with van der Waals surface area (Å²) in [5.41, 5.74) is 1.80. The van der Waals surface area contributed by atoms with E-state index < -0.39 is 0 Å². The van der Waals surface area contributed by atoms with Gasteiger partial charge < -0.3 is 5.32 Å². The number of hydrogen-bond acceptors (Lipinski definition) is 3. The lowest BCUT2D eigenvalue weighted by atomic mass is 9.95. The lowest BCUT2D eigenvalue weighted by Crippen LogP contribution is -2.32. The summed E-state index contributed by atoms with van der Waals surface area (Å²) in [6.07, 6.45) is 1.70. The number of nitrogens with zero attached hydrogens (tertiary/aromatic N) is 2. The normalized spacial score (nSPS) is 14.3. The highest BCUT2D eigenvalue weighted by Crippen LogP contribution is 2.23. The molecule has 1 amide bonds. The van der Waals surface area contributed by atoms with Gasteiger partial charge >= 0.3 is 0 Å². The largest absolute Gasteiger partial charge is 0.345 e. The van der Waals surface area contributed by atoms with Crippen molar-refractivity contribution in [3.63, 3.8) is 0 Å². The van der Waals surface area contributed by atoms with Gasteiger partial charge in [-0.05, 0) is 48.2 Å². The zero-order valence-corrected chi connectivity index (χ0v) is 15.9. The van der Waals surface area contributed by atoms with Gasteiger partial charge in [-0.3, -0.25) is 14.2 Å². The fourth-order valence-electron chi connectivity index (χ4n) is 3.75. The van der Waals surface area contributed by atoms with Crippen LogP contribution in [0.2, 0.25) is 0 Å². The number of aryl methyl sites for hydroxylation is 1. The van der Waals surface area contributed by atoms with Crippen molar-refractivity contribution >= 4 is 16.8 Å². The Labute approximate surface area is 162 Å². The monoisotopic (exact) mass is 379 g/mol. The summed E-state index contributed by atoms with van der Waals surface area (Å²) < 4.78 is 14.9. The number of hydrogen-bond donors (Lipinski definition) is 1. The Kier molecular flexibility index (Phi) is 4.71. The number of aromatic nitrogens is 2. The third kappa shape index (κ3) is 3.30. The molecule has 2 aromatic carbocycles. The van der Waals surface area contributed by atoms with Crippen LogP contribution in [-0.4, -0.2) is 15.5 Å². The van der Waals surface area contributed by atoms with Gasteiger partial charge in [0, 0.05) is 18.5 Å². The third-order valence-electron chi connectivity index (χ3n) is 5.26. The second kappa shape index (κ2) is 7.19. The minimum absolute atomic E-state index is 0.0455. The summed E-state index contributed by atoms with van der Waals surface area (Å²) in [5.74, 6) is 0.353. The van der Waals surface area contributed by atoms with Crippen molar-refractivity contribution in [2.45, 2.75) is 39.3 Å². The van der Waals surface area contributed by atoms with Gasteiger partial charge in [0.2, 0.25) is 0 Å². The molecule has 0 saturated carbocycles. The van der Waals surface area contributed by atoms with Crippen molar-refractivity contribution in [1.82, 2.24) is 14.9 Å². The van der Waals surface area contributed by atoms with Crippen LogP contribution in [0.15, 0.2) is 47.3 Å². The van der Waals surface area contributed by atoms with E-state index in [1.807, 2.05) is 13.8 Å². The SMILES string of the molecule is CC(C)[C@H](NC(=O)c1ccc2c(=O)n3c(nc2c1)CCC3)c1ccc(F)cc1. The first-order valence-electron chi connectivity index (χ1n) is 9.54. The van der Waals surface area contributed by atoms with Gasteiger partial charge in [-0.15, -0.1) is 0 Å². The highest BCUT2D eigenvalue weighted by Gasteiger charge is 2.21. The molecule has 0 spiro atoms. The highest BCUT2D eigenvalue weighted by molar-refractivity contribution is 5.97. The Morgan fingerprint density at radius 2 is 1.93 bits per heavy atom. The van der Waals surface area contributed by atoms with Crippen molar-refractivity contribution < 1.29 is 9.18 Å². The summed E-state index contributed by atoms with van der Waals surface area (Å²) >= 11 is 0. The average Bonchev–Trinajstić information content (AvgIpc) is 3.15. The lowest BCUT2D eigenvalue weighted by Gasteiger charge is -2.23. The molecule has 2 heterocycles. The van der Waals surface area contributed by atoms with Crippen molar-refractivity contribution in [3.8, 4) is 0 Å². The Balaban J connectivity index is 1.65. The topological polar surface area (TPSA) is 64.0 Å². The smallest absolute Gasteiger partial charge is 0.261 e. The van der Waals surface area contributed by atoms with E-state index in [9.17, 15) is 14.0 Å². The molecule has 5 nitrogen and oxygen atoms in total. The van der Waals surface area contributed by atoms with Crippen LogP contribution in [0.25, 0.3) is 10.9 Å². The molecule has 0 fully saturated rings. The van der Waals surface area contributed by atoms with Crippen LogP contribution in [0.5, 0.6) is 0 Å². The van der Waals surface area contributed by atoms with Crippen LogP contribution < -0.4 is 10.9 Å². The van der Waals surface area contributed by atoms with E-state index in [0.717, 1.165) is 24.2 Å². The minimum atomic E-state index is -0.308. The molecule has 1 aliphatic rings. The molecule has 1 aromatic heterocycles. The first kappa shape index (κ1) is 18.3. The van der Waals surface area contributed by atoms with Crippen molar-refractivity contribution in [1.29, 1.82) is 0 Å². The molecule has 6 heteroatoms. The van der Waals surface area contributed by atoms with E-state index in [2.05, 4.69) is 10.3 Å². The van der Waals surface area contributed by atoms with Crippen molar-refractivity contribution in [3.05, 3.63) is 75.6 Å². The molecule has 0 bridgehead atoms. The zero-order chi connectivity index (χ0) is 19.8. The molecule has 3 aromatic rings. The number of nitrogens with one attached hydrogen (secondary N) is 1. The first-order valence-corrected chi connectivity index (χ1v) is 9.54. The minimum Gasteiger partial charge on any atom is -0.345 e. The van der Waals surface area contributed by atoms with Gasteiger partial charge in [0.05, 0.1) is 16.9 Å². The number of carbonyl (C=O) groups excluding carboxylic acids is 1. The maximum atomic E-state index is 13.2. The molecule has 0 saturated heterocycles. The summed E-state index contributed by atoms with van der Waals surface area (Å²) in [6, 6.07) is 10.9. The van der Waals surface area contributed by atoms with E-state index in [1.54, 1.807) is 34.9 Å². The predicted octanol–water partition coefficient (Wildman–Crippen LogP) is 3.61. The standard InChI is InChI=1S/C22H22FN3O2/c1-13(2)20(14-5-8-16(23)9-6-14)25-21(27)15-7-10-17-18(12-15)24-19-4-3-11-26(19)22(17)28/h5-10,12-13,20H,3-4,11H2,1-2H3,(H,25,27)/t20-/m0/s1. The van der Waals surface area contributed by atoms with Gasteiger partial charge in [0.15, 0.2) is 0 Å². The Morgan fingerprint density at radius 1 is 1.18 bits per heavy atom. The van der Waals surface area contributed by atoms with E-state index in [4.69, 9.17) is 0 Å². The summed E-state index contributed by atoms with van der Waals surface area (Å²) in [7, 11) is 0.